The van der Waals surface area contributed by atoms with Gasteiger partial charge in [-0.05, 0) is 11.6 Å². The third-order valence-corrected chi connectivity index (χ3v) is 4.83. The van der Waals surface area contributed by atoms with Gasteiger partial charge in [0.1, 0.15) is 5.75 Å². The minimum Gasteiger partial charge on any atom is -0.432 e. The molecule has 0 N–H and O–H groups in total. The van der Waals surface area contributed by atoms with Gasteiger partial charge in [-0.25, -0.2) is 0 Å². The molecule has 4 heteroatoms. The Balaban J connectivity index is 2.23. The molecular formula is C14H10BrO2P. The summed E-state index contributed by atoms with van der Waals surface area (Å²) in [7, 11) is 0. The van der Waals surface area contributed by atoms with Gasteiger partial charge in [0.2, 0.25) is 0 Å². The zero-order chi connectivity index (χ0) is 12.6. The summed E-state index contributed by atoms with van der Waals surface area (Å²) in [5.74, 6) is 2.32. The van der Waals surface area contributed by atoms with E-state index in [0.717, 1.165) is 16.7 Å². The van der Waals surface area contributed by atoms with Crippen LogP contribution in [-0.4, -0.2) is 0 Å². The minimum absolute atomic E-state index is 0.652. The quantitative estimate of drug-likeness (QED) is 0.687. The Morgan fingerprint density at radius 3 is 2.39 bits per heavy atom. The fraction of sp³-hybridized carbons (Fsp3) is 0. The highest BCUT2D eigenvalue weighted by molar-refractivity contribution is 9.40. The number of fused-ring (bicyclic) bond motifs is 1. The minimum atomic E-state index is -2.89. The number of hydrogen-bond acceptors (Lipinski definition) is 2. The van der Waals surface area contributed by atoms with Crippen LogP contribution < -0.4 is 4.52 Å². The molecule has 0 bridgehead atoms. The molecule has 1 aliphatic heterocycles. The van der Waals surface area contributed by atoms with Crippen LogP contribution in [0.3, 0.4) is 0 Å². The van der Waals surface area contributed by atoms with Gasteiger partial charge in [0.25, 0.3) is 0 Å². The van der Waals surface area contributed by atoms with Crippen molar-refractivity contribution in [2.75, 3.05) is 0 Å². The number of benzene rings is 2. The van der Waals surface area contributed by atoms with Crippen molar-refractivity contribution in [2.45, 2.75) is 0 Å². The van der Waals surface area contributed by atoms with Gasteiger partial charge in [-0.1, -0.05) is 48.5 Å². The summed E-state index contributed by atoms with van der Waals surface area (Å²) in [6.45, 7) is 0. The lowest BCUT2D eigenvalue weighted by molar-refractivity contribution is 0.507. The van der Waals surface area contributed by atoms with Crippen LogP contribution in [0.15, 0.2) is 60.4 Å². The summed E-state index contributed by atoms with van der Waals surface area (Å²) in [5, 5.41) is 0. The van der Waals surface area contributed by atoms with Crippen molar-refractivity contribution in [3.05, 3.63) is 71.5 Å². The average molecular weight is 321 g/mol. The molecule has 2 aromatic rings. The lowest BCUT2D eigenvalue weighted by atomic mass is 9.99. The molecule has 0 saturated carbocycles. The van der Waals surface area contributed by atoms with E-state index in [9.17, 15) is 4.57 Å². The Bertz CT molecular complexity index is 665. The molecule has 2 aromatic carbocycles. The fourth-order valence-electron chi connectivity index (χ4n) is 2.00. The van der Waals surface area contributed by atoms with Crippen molar-refractivity contribution in [1.29, 1.82) is 0 Å². The maximum atomic E-state index is 12.2. The van der Waals surface area contributed by atoms with E-state index in [4.69, 9.17) is 4.52 Å². The van der Waals surface area contributed by atoms with E-state index in [0.29, 0.717) is 5.75 Å². The second kappa shape index (κ2) is 4.42. The molecular weight excluding hydrogens is 311 g/mol. The fourth-order valence-corrected chi connectivity index (χ4v) is 4.16. The molecule has 0 aliphatic carbocycles. The highest BCUT2D eigenvalue weighted by atomic mass is 79.9. The first kappa shape index (κ1) is 11.8. The van der Waals surface area contributed by atoms with Crippen LogP contribution in [0.5, 0.6) is 5.75 Å². The molecule has 18 heavy (non-hydrogen) atoms. The van der Waals surface area contributed by atoms with E-state index >= 15 is 0 Å². The van der Waals surface area contributed by atoms with Gasteiger partial charge in [0, 0.05) is 32.4 Å². The van der Waals surface area contributed by atoms with Crippen LogP contribution in [0.25, 0.3) is 5.57 Å². The molecule has 0 radical (unpaired) electrons. The Kier molecular flexibility index (Phi) is 2.89. The van der Waals surface area contributed by atoms with Gasteiger partial charge in [0.15, 0.2) is 0 Å². The molecule has 1 aliphatic rings. The molecule has 3 rings (SSSR count). The summed E-state index contributed by atoms with van der Waals surface area (Å²) in [6.07, 6.45) is -2.89. The highest BCUT2D eigenvalue weighted by Gasteiger charge is 2.27. The van der Waals surface area contributed by atoms with E-state index in [1.807, 2.05) is 54.6 Å². The van der Waals surface area contributed by atoms with Crippen LogP contribution in [-0.2, 0) is 4.57 Å². The van der Waals surface area contributed by atoms with Crippen molar-refractivity contribution in [2.24, 2.45) is 0 Å². The van der Waals surface area contributed by atoms with E-state index in [-0.39, 0.29) is 0 Å². The number of rotatable bonds is 1. The standard InChI is InChI=1S/C14H10BrO2P/c15-18(16)10-13(11-6-2-1-3-7-11)12-8-4-5-9-14(12)17-18/h1-10H. The molecule has 1 heterocycles. The molecule has 1 unspecified atom stereocenters. The summed E-state index contributed by atoms with van der Waals surface area (Å²) in [6, 6.07) is 17.5. The molecule has 0 fully saturated rings. The second-order valence-electron chi connectivity index (χ2n) is 4.02. The largest absolute Gasteiger partial charge is 0.432 e. The van der Waals surface area contributed by atoms with Gasteiger partial charge in [-0.3, -0.25) is 4.57 Å². The third-order valence-electron chi connectivity index (χ3n) is 2.77. The summed E-state index contributed by atoms with van der Waals surface area (Å²) >= 11 is 3.16. The van der Waals surface area contributed by atoms with Gasteiger partial charge >= 0.3 is 6.07 Å². The first-order valence-electron chi connectivity index (χ1n) is 5.52. The van der Waals surface area contributed by atoms with Crippen molar-refractivity contribution >= 4 is 27.1 Å². The number of para-hydroxylation sites is 1. The Morgan fingerprint density at radius 1 is 0.944 bits per heavy atom. The van der Waals surface area contributed by atoms with Crippen LogP contribution in [0.1, 0.15) is 11.1 Å². The third kappa shape index (κ3) is 2.16. The normalized spacial score (nSPS) is 21.7. The van der Waals surface area contributed by atoms with Crippen LogP contribution in [0.4, 0.5) is 0 Å². The lowest BCUT2D eigenvalue weighted by Crippen LogP contribution is -1.99. The topological polar surface area (TPSA) is 26.3 Å². The Labute approximate surface area is 113 Å². The average Bonchev–Trinajstić information content (AvgIpc) is 2.38. The lowest BCUT2D eigenvalue weighted by Gasteiger charge is -2.22. The predicted molar refractivity (Wildman–Crippen MR) is 77.1 cm³/mol. The summed E-state index contributed by atoms with van der Waals surface area (Å²) in [4.78, 5) is 0. The van der Waals surface area contributed by atoms with Gasteiger partial charge in [-0.15, -0.1) is 0 Å². The maximum Gasteiger partial charge on any atom is 0.334 e. The molecule has 0 amide bonds. The molecule has 0 saturated heterocycles. The Hall–Kier alpha value is -1.31. The van der Waals surface area contributed by atoms with E-state index < -0.39 is 6.07 Å². The van der Waals surface area contributed by atoms with E-state index in [1.54, 1.807) is 5.82 Å². The van der Waals surface area contributed by atoms with Crippen molar-refractivity contribution < 1.29 is 9.09 Å². The van der Waals surface area contributed by atoms with Crippen molar-refractivity contribution in [3.8, 4) is 5.75 Å². The second-order valence-corrected chi connectivity index (χ2v) is 8.47. The predicted octanol–water partition coefficient (Wildman–Crippen LogP) is 5.06. The van der Waals surface area contributed by atoms with Gasteiger partial charge in [0.05, 0.1) is 0 Å². The highest BCUT2D eigenvalue weighted by Crippen LogP contribution is 2.62. The smallest absolute Gasteiger partial charge is 0.334 e. The molecule has 2 nitrogen and oxygen atoms in total. The Morgan fingerprint density at radius 2 is 1.61 bits per heavy atom. The maximum absolute atomic E-state index is 12.2. The van der Waals surface area contributed by atoms with Crippen molar-refractivity contribution in [1.82, 2.24) is 0 Å². The molecule has 0 aromatic heterocycles. The van der Waals surface area contributed by atoms with Crippen LogP contribution >= 0.6 is 21.6 Å². The molecule has 0 spiro atoms. The molecule has 90 valence electrons. The summed E-state index contributed by atoms with van der Waals surface area (Å²) < 4.78 is 17.7. The first-order valence-corrected chi connectivity index (χ1v) is 9.24. The number of hydrogen-bond donors (Lipinski definition) is 0. The van der Waals surface area contributed by atoms with Gasteiger partial charge < -0.3 is 4.52 Å². The molecule has 1 atom stereocenters. The van der Waals surface area contributed by atoms with E-state index in [2.05, 4.69) is 15.5 Å². The monoisotopic (exact) mass is 320 g/mol. The van der Waals surface area contributed by atoms with Gasteiger partial charge in [-0.2, -0.15) is 0 Å². The van der Waals surface area contributed by atoms with Crippen LogP contribution in [0, 0.1) is 0 Å². The number of halogens is 1. The zero-order valence-corrected chi connectivity index (χ0v) is 11.9. The zero-order valence-electron chi connectivity index (χ0n) is 9.42. The van der Waals surface area contributed by atoms with Crippen molar-refractivity contribution in [3.63, 3.8) is 0 Å². The van der Waals surface area contributed by atoms with E-state index in [1.165, 1.54) is 0 Å². The SMILES string of the molecule is O=P1(Br)C=C(c2ccccc2)c2ccccc2O1. The first-order chi connectivity index (χ1) is 8.66. The summed E-state index contributed by atoms with van der Waals surface area (Å²) in [5.41, 5.74) is 2.94. The van der Waals surface area contributed by atoms with Crippen LogP contribution in [0.2, 0.25) is 0 Å².